The molecule has 1 saturated heterocycles. The monoisotopic (exact) mass is 241 g/mol. The van der Waals surface area contributed by atoms with Crippen LogP contribution in [0.1, 0.15) is 25.3 Å². The zero-order chi connectivity index (χ0) is 12.3. The standard InChI is InChI=1S/C13H17F2NO/c1-9(12-6-3-7-17-12)16-8-10-4-2-5-11(14)13(10)15/h2,4-5,9,12,16H,3,6-8H2,1H3. The average molecular weight is 241 g/mol. The second-order valence-corrected chi connectivity index (χ2v) is 4.43. The number of rotatable bonds is 4. The van der Waals surface area contributed by atoms with Gasteiger partial charge in [0, 0.05) is 24.8 Å². The van der Waals surface area contributed by atoms with E-state index in [1.165, 1.54) is 6.07 Å². The molecule has 0 amide bonds. The van der Waals surface area contributed by atoms with E-state index in [4.69, 9.17) is 4.74 Å². The number of halogens is 2. The van der Waals surface area contributed by atoms with Crippen LogP contribution in [0.5, 0.6) is 0 Å². The molecule has 2 nitrogen and oxygen atoms in total. The van der Waals surface area contributed by atoms with Gasteiger partial charge in [0.1, 0.15) is 0 Å². The second-order valence-electron chi connectivity index (χ2n) is 4.43. The molecule has 1 aliphatic heterocycles. The molecule has 0 saturated carbocycles. The number of benzene rings is 1. The van der Waals surface area contributed by atoms with Gasteiger partial charge < -0.3 is 10.1 Å². The van der Waals surface area contributed by atoms with Gasteiger partial charge in [0.15, 0.2) is 11.6 Å². The van der Waals surface area contributed by atoms with Crippen molar-refractivity contribution in [1.82, 2.24) is 5.32 Å². The highest BCUT2D eigenvalue weighted by Crippen LogP contribution is 2.16. The fourth-order valence-corrected chi connectivity index (χ4v) is 2.08. The lowest BCUT2D eigenvalue weighted by atomic mass is 10.1. The van der Waals surface area contributed by atoms with E-state index in [2.05, 4.69) is 5.32 Å². The van der Waals surface area contributed by atoms with Crippen LogP contribution < -0.4 is 5.32 Å². The first kappa shape index (κ1) is 12.5. The maximum atomic E-state index is 13.4. The van der Waals surface area contributed by atoms with Crippen molar-refractivity contribution in [2.45, 2.75) is 38.5 Å². The molecule has 1 aromatic carbocycles. The van der Waals surface area contributed by atoms with E-state index in [-0.39, 0.29) is 12.1 Å². The molecule has 2 atom stereocenters. The first-order chi connectivity index (χ1) is 8.18. The smallest absolute Gasteiger partial charge is 0.163 e. The Hall–Kier alpha value is -1.00. The van der Waals surface area contributed by atoms with E-state index in [0.29, 0.717) is 12.1 Å². The molecule has 1 aromatic rings. The lowest BCUT2D eigenvalue weighted by Crippen LogP contribution is -2.36. The Morgan fingerprint density at radius 1 is 1.47 bits per heavy atom. The van der Waals surface area contributed by atoms with Crippen molar-refractivity contribution in [3.8, 4) is 0 Å². The number of hydrogen-bond acceptors (Lipinski definition) is 2. The molecule has 4 heteroatoms. The Labute approximate surface area is 100.0 Å². The highest BCUT2D eigenvalue weighted by Gasteiger charge is 2.22. The molecule has 0 spiro atoms. The van der Waals surface area contributed by atoms with Gasteiger partial charge in [0.25, 0.3) is 0 Å². The normalized spacial score (nSPS) is 21.7. The Balaban J connectivity index is 1.90. The van der Waals surface area contributed by atoms with Gasteiger partial charge in [-0.05, 0) is 25.8 Å². The predicted molar refractivity (Wildman–Crippen MR) is 61.6 cm³/mol. The van der Waals surface area contributed by atoms with E-state index in [1.807, 2.05) is 6.92 Å². The molecule has 1 heterocycles. The largest absolute Gasteiger partial charge is 0.377 e. The SMILES string of the molecule is CC(NCc1cccc(F)c1F)C1CCCO1. The van der Waals surface area contributed by atoms with E-state index in [9.17, 15) is 8.78 Å². The third-order valence-corrected chi connectivity index (χ3v) is 3.17. The molecule has 17 heavy (non-hydrogen) atoms. The molecule has 0 bridgehead atoms. The van der Waals surface area contributed by atoms with Crippen LogP contribution in [-0.4, -0.2) is 18.8 Å². The van der Waals surface area contributed by atoms with Gasteiger partial charge in [-0.25, -0.2) is 8.78 Å². The van der Waals surface area contributed by atoms with Crippen LogP contribution in [0.15, 0.2) is 18.2 Å². The summed E-state index contributed by atoms with van der Waals surface area (Å²) in [5, 5.41) is 3.18. The van der Waals surface area contributed by atoms with E-state index < -0.39 is 11.6 Å². The lowest BCUT2D eigenvalue weighted by Gasteiger charge is -2.20. The summed E-state index contributed by atoms with van der Waals surface area (Å²) in [5.74, 6) is -1.56. The minimum absolute atomic E-state index is 0.153. The van der Waals surface area contributed by atoms with Crippen LogP contribution in [0, 0.1) is 11.6 Å². The van der Waals surface area contributed by atoms with Crippen molar-refractivity contribution in [1.29, 1.82) is 0 Å². The van der Waals surface area contributed by atoms with E-state index >= 15 is 0 Å². The van der Waals surface area contributed by atoms with Crippen LogP contribution in [0.4, 0.5) is 8.78 Å². The van der Waals surface area contributed by atoms with Crippen molar-refractivity contribution in [2.75, 3.05) is 6.61 Å². The number of nitrogens with one attached hydrogen (secondary N) is 1. The van der Waals surface area contributed by atoms with Crippen LogP contribution in [-0.2, 0) is 11.3 Å². The molecule has 1 fully saturated rings. The fourth-order valence-electron chi connectivity index (χ4n) is 2.08. The molecule has 1 N–H and O–H groups in total. The van der Waals surface area contributed by atoms with Gasteiger partial charge >= 0.3 is 0 Å². The molecule has 0 aliphatic carbocycles. The molecule has 2 rings (SSSR count). The molecular weight excluding hydrogens is 224 g/mol. The zero-order valence-corrected chi connectivity index (χ0v) is 9.88. The summed E-state index contributed by atoms with van der Waals surface area (Å²) in [7, 11) is 0. The summed E-state index contributed by atoms with van der Waals surface area (Å²) in [4.78, 5) is 0. The van der Waals surface area contributed by atoms with Gasteiger partial charge in [-0.15, -0.1) is 0 Å². The highest BCUT2D eigenvalue weighted by atomic mass is 19.2. The molecule has 0 aromatic heterocycles. The van der Waals surface area contributed by atoms with Crippen molar-refractivity contribution in [3.63, 3.8) is 0 Å². The Bertz CT molecular complexity index is 378. The van der Waals surface area contributed by atoms with E-state index in [1.54, 1.807) is 6.07 Å². The van der Waals surface area contributed by atoms with E-state index in [0.717, 1.165) is 25.5 Å². The topological polar surface area (TPSA) is 21.3 Å². The highest BCUT2D eigenvalue weighted by molar-refractivity contribution is 5.18. The van der Waals surface area contributed by atoms with Crippen molar-refractivity contribution in [2.24, 2.45) is 0 Å². The minimum Gasteiger partial charge on any atom is -0.377 e. The van der Waals surface area contributed by atoms with Gasteiger partial charge in [-0.2, -0.15) is 0 Å². The Morgan fingerprint density at radius 2 is 2.29 bits per heavy atom. The predicted octanol–water partition coefficient (Wildman–Crippen LogP) is 2.62. The quantitative estimate of drug-likeness (QED) is 0.875. The summed E-state index contributed by atoms with van der Waals surface area (Å²) in [5.41, 5.74) is 0.356. The van der Waals surface area contributed by atoms with Crippen molar-refractivity contribution >= 4 is 0 Å². The Kier molecular flexibility index (Phi) is 4.07. The van der Waals surface area contributed by atoms with Crippen molar-refractivity contribution < 1.29 is 13.5 Å². The van der Waals surface area contributed by atoms with Crippen LogP contribution in [0.25, 0.3) is 0 Å². The maximum absolute atomic E-state index is 13.4. The summed E-state index contributed by atoms with van der Waals surface area (Å²) < 4.78 is 31.9. The third-order valence-electron chi connectivity index (χ3n) is 3.17. The van der Waals surface area contributed by atoms with Gasteiger partial charge in [0.2, 0.25) is 0 Å². The maximum Gasteiger partial charge on any atom is 0.163 e. The van der Waals surface area contributed by atoms with Crippen molar-refractivity contribution in [3.05, 3.63) is 35.4 Å². The summed E-state index contributed by atoms with van der Waals surface area (Å²) >= 11 is 0. The zero-order valence-electron chi connectivity index (χ0n) is 9.88. The number of ether oxygens (including phenoxy) is 1. The molecular formula is C13H17F2NO. The fraction of sp³-hybridized carbons (Fsp3) is 0.538. The minimum atomic E-state index is -0.797. The lowest BCUT2D eigenvalue weighted by molar-refractivity contribution is 0.0831. The Morgan fingerprint density at radius 3 is 3.00 bits per heavy atom. The second kappa shape index (κ2) is 5.56. The van der Waals surface area contributed by atoms with Crippen LogP contribution in [0.2, 0.25) is 0 Å². The van der Waals surface area contributed by atoms with Crippen LogP contribution >= 0.6 is 0 Å². The van der Waals surface area contributed by atoms with Gasteiger partial charge in [0.05, 0.1) is 6.10 Å². The van der Waals surface area contributed by atoms with Gasteiger partial charge in [-0.1, -0.05) is 12.1 Å². The summed E-state index contributed by atoms with van der Waals surface area (Å²) in [6.45, 7) is 3.13. The molecule has 94 valence electrons. The molecule has 0 radical (unpaired) electrons. The van der Waals surface area contributed by atoms with Crippen LogP contribution in [0.3, 0.4) is 0 Å². The molecule has 2 unspecified atom stereocenters. The first-order valence-corrected chi connectivity index (χ1v) is 5.96. The summed E-state index contributed by atoms with van der Waals surface area (Å²) in [6.07, 6.45) is 2.29. The first-order valence-electron chi connectivity index (χ1n) is 5.96. The average Bonchev–Trinajstić information content (AvgIpc) is 2.84. The number of hydrogen-bond donors (Lipinski definition) is 1. The summed E-state index contributed by atoms with van der Waals surface area (Å²) in [6, 6.07) is 4.39. The molecule has 1 aliphatic rings. The van der Waals surface area contributed by atoms with Gasteiger partial charge in [-0.3, -0.25) is 0 Å². The third kappa shape index (κ3) is 3.01.